The fraction of sp³-hybridized carbons (Fsp3) is 0.818. The molecule has 0 amide bonds. The third kappa shape index (κ3) is 5.54. The van der Waals surface area contributed by atoms with Crippen LogP contribution in [0, 0.1) is 11.8 Å². The van der Waals surface area contributed by atoms with Crippen LogP contribution in [-0.4, -0.2) is 16.1 Å². The van der Waals surface area contributed by atoms with Gasteiger partial charge in [0, 0.05) is 6.42 Å². The lowest BCUT2D eigenvalue weighted by Gasteiger charge is -2.14. The van der Waals surface area contributed by atoms with E-state index in [1.165, 1.54) is 37.2 Å². The molecule has 0 saturated carbocycles. The smallest absolute Gasteiger partial charge is 0.111 e. The van der Waals surface area contributed by atoms with Crippen molar-refractivity contribution < 1.29 is 0 Å². The van der Waals surface area contributed by atoms with Crippen molar-refractivity contribution in [3.63, 3.8) is 0 Å². The van der Waals surface area contributed by atoms with Crippen LogP contribution in [0.5, 0.6) is 0 Å². The van der Waals surface area contributed by atoms with Crippen molar-refractivity contribution in [2.45, 2.75) is 43.6 Å². The lowest BCUT2D eigenvalue weighted by Crippen LogP contribution is -2.03. The van der Waals surface area contributed by atoms with Crippen molar-refractivity contribution in [1.82, 2.24) is 0 Å². The Morgan fingerprint density at radius 2 is 2.00 bits per heavy atom. The van der Waals surface area contributed by atoms with Crippen LogP contribution in [0.15, 0.2) is 0 Å². The molecule has 1 aliphatic rings. The zero-order valence-corrected chi connectivity index (χ0v) is 9.98. The molecule has 2 heteroatoms. The minimum atomic E-state index is 0.579. The van der Waals surface area contributed by atoms with E-state index in [-0.39, 0.29) is 0 Å². The third-order valence-electron chi connectivity index (χ3n) is 1.95. The highest BCUT2D eigenvalue weighted by Gasteiger charge is 2.10. The maximum atomic E-state index is 3.36. The van der Waals surface area contributed by atoms with Gasteiger partial charge in [-0.25, -0.2) is 0 Å². The van der Waals surface area contributed by atoms with Gasteiger partial charge < -0.3 is 0 Å². The monoisotopic (exact) mass is 214 g/mol. The highest BCUT2D eigenvalue weighted by atomic mass is 32.2. The molecular formula is C11H18S2. The Kier molecular flexibility index (Phi) is 6.67. The van der Waals surface area contributed by atoms with E-state index in [1.54, 1.807) is 0 Å². The predicted molar refractivity (Wildman–Crippen MR) is 65.2 cm³/mol. The number of thioether (sulfide) groups is 2. The summed E-state index contributed by atoms with van der Waals surface area (Å²) < 4.78 is 0.579. The molecule has 13 heavy (non-hydrogen) atoms. The van der Waals surface area contributed by atoms with Gasteiger partial charge in [0.15, 0.2) is 0 Å². The molecule has 0 unspecified atom stereocenters. The van der Waals surface area contributed by atoms with E-state index in [2.05, 4.69) is 18.8 Å². The molecule has 0 bridgehead atoms. The number of hydrogen-bond acceptors (Lipinski definition) is 2. The third-order valence-corrected chi connectivity index (χ3v) is 4.66. The molecule has 0 atom stereocenters. The summed E-state index contributed by atoms with van der Waals surface area (Å²) in [7, 11) is 0. The Bertz CT molecular complexity index is 172. The van der Waals surface area contributed by atoms with Gasteiger partial charge >= 0.3 is 0 Å². The fourth-order valence-electron chi connectivity index (χ4n) is 1.19. The molecule has 1 heterocycles. The lowest BCUT2D eigenvalue weighted by molar-refractivity contribution is 0.737. The summed E-state index contributed by atoms with van der Waals surface area (Å²) >= 11 is 4.03. The topological polar surface area (TPSA) is 0 Å². The Morgan fingerprint density at radius 3 is 2.69 bits per heavy atom. The maximum absolute atomic E-state index is 3.36. The summed E-state index contributed by atoms with van der Waals surface area (Å²) in [4.78, 5) is 0. The van der Waals surface area contributed by atoms with Crippen LogP contribution in [-0.2, 0) is 0 Å². The first-order valence-electron chi connectivity index (χ1n) is 5.15. The molecule has 0 aliphatic carbocycles. The second-order valence-corrected chi connectivity index (χ2v) is 5.93. The highest BCUT2D eigenvalue weighted by molar-refractivity contribution is 8.17. The number of unbranched alkanes of at least 4 members (excludes halogenated alkanes) is 3. The SMILES string of the molecule is CCCCCC#CC1SCCCS1. The fourth-order valence-corrected chi connectivity index (χ4v) is 3.72. The van der Waals surface area contributed by atoms with Gasteiger partial charge in [0.2, 0.25) is 0 Å². The normalized spacial score (nSPS) is 17.9. The van der Waals surface area contributed by atoms with Gasteiger partial charge in [0.1, 0.15) is 4.58 Å². The first-order valence-corrected chi connectivity index (χ1v) is 7.25. The van der Waals surface area contributed by atoms with Crippen molar-refractivity contribution in [2.24, 2.45) is 0 Å². The predicted octanol–water partition coefficient (Wildman–Crippen LogP) is 3.77. The van der Waals surface area contributed by atoms with Crippen LogP contribution < -0.4 is 0 Å². The average Bonchev–Trinajstić information content (AvgIpc) is 2.19. The quantitative estimate of drug-likeness (QED) is 0.518. The minimum absolute atomic E-state index is 0.579. The Balaban J connectivity index is 2.06. The van der Waals surface area contributed by atoms with Crippen LogP contribution in [0.2, 0.25) is 0 Å². The van der Waals surface area contributed by atoms with E-state index in [0.29, 0.717) is 4.58 Å². The molecule has 1 fully saturated rings. The Hall–Kier alpha value is 0.260. The molecule has 1 aliphatic heterocycles. The standard InChI is InChI=1S/C11H18S2/c1-2-3-4-5-6-8-11-12-9-7-10-13-11/h11H,2-5,7,9-10H2,1H3. The van der Waals surface area contributed by atoms with Crippen molar-refractivity contribution in [3.05, 3.63) is 0 Å². The van der Waals surface area contributed by atoms with Crippen LogP contribution in [0.25, 0.3) is 0 Å². The molecule has 0 aromatic rings. The molecular weight excluding hydrogens is 196 g/mol. The first-order chi connectivity index (χ1) is 6.43. The molecule has 0 aromatic carbocycles. The summed E-state index contributed by atoms with van der Waals surface area (Å²) in [5.74, 6) is 9.27. The molecule has 0 radical (unpaired) electrons. The van der Waals surface area contributed by atoms with Gasteiger partial charge in [-0.15, -0.1) is 29.4 Å². The molecule has 1 saturated heterocycles. The van der Waals surface area contributed by atoms with Crippen molar-refractivity contribution in [3.8, 4) is 11.8 Å². The highest BCUT2D eigenvalue weighted by Crippen LogP contribution is 2.29. The first kappa shape index (κ1) is 11.3. The second kappa shape index (κ2) is 7.64. The summed E-state index contributed by atoms with van der Waals surface area (Å²) in [5, 5.41) is 0. The summed E-state index contributed by atoms with van der Waals surface area (Å²) in [6, 6.07) is 0. The van der Waals surface area contributed by atoms with Crippen LogP contribution in [0.4, 0.5) is 0 Å². The molecule has 0 aromatic heterocycles. The summed E-state index contributed by atoms with van der Waals surface area (Å²) in [6.45, 7) is 2.24. The van der Waals surface area contributed by atoms with E-state index >= 15 is 0 Å². The molecule has 0 N–H and O–H groups in total. The van der Waals surface area contributed by atoms with Crippen LogP contribution in [0.1, 0.15) is 39.0 Å². The minimum Gasteiger partial charge on any atom is -0.135 e. The van der Waals surface area contributed by atoms with E-state index in [0.717, 1.165) is 6.42 Å². The van der Waals surface area contributed by atoms with E-state index in [1.807, 2.05) is 23.5 Å². The number of hydrogen-bond donors (Lipinski definition) is 0. The van der Waals surface area contributed by atoms with E-state index in [9.17, 15) is 0 Å². The van der Waals surface area contributed by atoms with E-state index in [4.69, 9.17) is 0 Å². The molecule has 0 spiro atoms. The van der Waals surface area contributed by atoms with Gasteiger partial charge in [-0.05, 0) is 24.3 Å². The van der Waals surface area contributed by atoms with Gasteiger partial charge in [0.05, 0.1) is 0 Å². The zero-order valence-electron chi connectivity index (χ0n) is 8.34. The van der Waals surface area contributed by atoms with Gasteiger partial charge in [0.25, 0.3) is 0 Å². The Morgan fingerprint density at radius 1 is 1.23 bits per heavy atom. The molecule has 1 rings (SSSR count). The van der Waals surface area contributed by atoms with Crippen LogP contribution in [0.3, 0.4) is 0 Å². The maximum Gasteiger partial charge on any atom is 0.111 e. The van der Waals surface area contributed by atoms with Gasteiger partial charge in [-0.2, -0.15) is 0 Å². The zero-order chi connectivity index (χ0) is 9.36. The number of rotatable bonds is 3. The summed E-state index contributed by atoms with van der Waals surface area (Å²) in [6.07, 6.45) is 6.38. The van der Waals surface area contributed by atoms with Gasteiger partial charge in [-0.3, -0.25) is 0 Å². The lowest BCUT2D eigenvalue weighted by atomic mass is 10.2. The molecule has 0 nitrogen and oxygen atoms in total. The second-order valence-electron chi connectivity index (χ2n) is 3.21. The van der Waals surface area contributed by atoms with Gasteiger partial charge in [-0.1, -0.05) is 25.7 Å². The summed E-state index contributed by atoms with van der Waals surface area (Å²) in [5.41, 5.74) is 0. The molecule has 74 valence electrons. The van der Waals surface area contributed by atoms with Crippen LogP contribution >= 0.6 is 23.5 Å². The van der Waals surface area contributed by atoms with E-state index < -0.39 is 0 Å². The van der Waals surface area contributed by atoms with Crippen molar-refractivity contribution in [1.29, 1.82) is 0 Å². The van der Waals surface area contributed by atoms with Crippen molar-refractivity contribution >= 4 is 23.5 Å². The largest absolute Gasteiger partial charge is 0.135 e. The Labute approximate surface area is 90.6 Å². The average molecular weight is 214 g/mol. The van der Waals surface area contributed by atoms with Crippen molar-refractivity contribution in [2.75, 3.05) is 11.5 Å².